The van der Waals surface area contributed by atoms with Crippen molar-refractivity contribution in [1.82, 2.24) is 53.8 Å². The topological polar surface area (TPSA) is 396 Å². The molecule has 4 spiro atoms. The highest BCUT2D eigenvalue weighted by Crippen LogP contribution is 2.55. The Morgan fingerprint density at radius 2 is 0.657 bits per heavy atom. The SMILES string of the molecule is O=C(NCc1ccc(F)c(Cl)c1F)c1c2n3c(c(O)c1=O)C(=O)N1CCCC[C@@]3(C[C@@H]2O)C1.O=C(NCc1ccc(F)c(Cl)c1F)c1c2n3c(c(O)c1=O)C(=O)N1CCCC[C@@]3(C[C@H]2O)C1.O=C(NCc1ccc(F)c(Cl)c1F)c1c2n3c(c(OCc4ccccc4)c1=O)C(=O)N1CCCC[C@@]3(CC2O)C1.O=C1c2c(OCc3ccccc3)c(=O)c(I)c3n2[C@]2(CCCCN1C2)CC3O. The molecule has 30 nitrogen and oxygen atoms in total. The standard InChI is InChI=1S/C29H26ClF2N3O5.2C22H20ClF2N3O5.C21H21IN2O4/c30-21-18(31)9-8-17(22(21)32)13-33-27(38)20-23-19(36)12-29-10-4-5-11-34(15-29)28(39)24(35(23)29)26(25(20)37)40-14-16-6-2-1-3-7-16;2*23-14-11(24)4-3-10(15(14)25)8-26-20(32)13-16-12(29)7-22-5-1-2-6-27(9-22)21(33)17(28(16)22)19(31)18(13)30;22-15-16-14(25)10-21-8-4-5-9-23(12-21)20(27)17(24(16)21)19(18(15)26)28-11-13-6-2-1-3-7-13/h1-3,6-9,19,36H,4-5,10-15H2,(H,33,38);2*3-4,12,29,31H,1-2,5-9H2,(H,26,32);1-3,6-7,14,25H,4-5,8-12H2/t19?,29-;12-,22+;12-,22-;14?,21-/m1011/s1. The number of amides is 7. The number of aliphatic hydroxyl groups is 4. The molecule has 134 heavy (non-hydrogen) atoms. The van der Waals surface area contributed by atoms with Crippen LogP contribution in [0.25, 0.3) is 0 Å². The monoisotopic (exact) mass is 2020 g/mol. The zero-order valence-electron chi connectivity index (χ0n) is 71.4. The summed E-state index contributed by atoms with van der Waals surface area (Å²) < 4.78 is 102. The molecule has 0 aliphatic carbocycles. The lowest BCUT2D eigenvalue weighted by Crippen LogP contribution is -2.52. The maximum absolute atomic E-state index is 14.5. The molecule has 8 bridgehead atoms. The summed E-state index contributed by atoms with van der Waals surface area (Å²) in [5.74, 6) is -12.2. The van der Waals surface area contributed by atoms with Crippen LogP contribution in [-0.2, 0) is 55.0 Å². The van der Waals surface area contributed by atoms with Crippen molar-refractivity contribution in [3.8, 4) is 23.0 Å². The number of rotatable bonds is 15. The molecule has 0 saturated carbocycles. The Morgan fingerprint density at radius 3 is 0.978 bits per heavy atom. The Balaban J connectivity index is 0.000000120. The number of pyridine rings is 4. The van der Waals surface area contributed by atoms with Gasteiger partial charge < -0.3 is 93.9 Å². The van der Waals surface area contributed by atoms with Crippen LogP contribution < -0.4 is 47.1 Å². The maximum Gasteiger partial charge on any atom is 0.274 e. The van der Waals surface area contributed by atoms with Gasteiger partial charge in [0, 0.05) is 114 Å². The minimum Gasteiger partial charge on any atom is -0.503 e. The molecular weight excluding hydrogens is 1930 g/mol. The number of benzene rings is 5. The van der Waals surface area contributed by atoms with E-state index < -0.39 is 173 Å². The maximum atomic E-state index is 14.5. The molecule has 9 N–H and O–H groups in total. The van der Waals surface area contributed by atoms with Crippen LogP contribution in [0.1, 0.15) is 251 Å². The first-order valence-electron chi connectivity index (χ1n) is 43.9. The van der Waals surface area contributed by atoms with Gasteiger partial charge in [0.05, 0.1) is 72.9 Å². The number of hydrogen-bond acceptors (Lipinski definition) is 19. The number of nitrogens with zero attached hydrogens (tertiary/aromatic N) is 8. The van der Waals surface area contributed by atoms with Gasteiger partial charge in [-0.2, -0.15) is 0 Å². The molecule has 9 aromatic rings. The average molecular weight is 2020 g/mol. The Morgan fingerprint density at radius 1 is 0.381 bits per heavy atom. The zero-order valence-corrected chi connectivity index (χ0v) is 75.8. The summed E-state index contributed by atoms with van der Waals surface area (Å²) in [5, 5.41) is 70.3. The zero-order chi connectivity index (χ0) is 95.0. The molecule has 4 fully saturated rings. The van der Waals surface area contributed by atoms with Gasteiger partial charge in [0.1, 0.15) is 79.9 Å². The van der Waals surface area contributed by atoms with Gasteiger partial charge in [-0.25, -0.2) is 26.3 Å². The average Bonchev–Trinajstić information content (AvgIpc) is 1.55. The third-order valence-corrected chi connectivity index (χ3v) is 30.0. The van der Waals surface area contributed by atoms with E-state index in [9.17, 15) is 110 Å². The first kappa shape index (κ1) is 92.8. The molecule has 12 aliphatic heterocycles. The van der Waals surface area contributed by atoms with Crippen LogP contribution in [0.4, 0.5) is 26.3 Å². The Labute approximate surface area is 786 Å². The molecule has 702 valence electrons. The number of carbonyl (C=O) groups is 7. The predicted octanol–water partition coefficient (Wildman–Crippen LogP) is 11.2. The third kappa shape index (κ3) is 15.5. The molecule has 7 amide bonds. The first-order valence-corrected chi connectivity index (χ1v) is 46.1. The lowest BCUT2D eigenvalue weighted by molar-refractivity contribution is 0.0542. The van der Waals surface area contributed by atoms with E-state index >= 15 is 0 Å². The van der Waals surface area contributed by atoms with Gasteiger partial charge in [0.2, 0.25) is 21.7 Å². The first-order chi connectivity index (χ1) is 64.0. The molecule has 4 aromatic heterocycles. The van der Waals surface area contributed by atoms with Crippen LogP contribution in [0.15, 0.2) is 116 Å². The Hall–Kier alpha value is -11.6. The van der Waals surface area contributed by atoms with Crippen molar-refractivity contribution in [3.63, 3.8) is 0 Å². The summed E-state index contributed by atoms with van der Waals surface area (Å²) in [4.78, 5) is 152. The summed E-state index contributed by atoms with van der Waals surface area (Å²) in [6, 6.07) is 24.9. The van der Waals surface area contributed by atoms with E-state index in [0.717, 1.165) is 105 Å². The van der Waals surface area contributed by atoms with Gasteiger partial charge in [-0.3, -0.25) is 52.7 Å². The number of fused-ring (bicyclic) bond motifs is 4. The molecule has 5 aromatic carbocycles. The largest absolute Gasteiger partial charge is 0.503 e. The number of hydrogen-bond donors (Lipinski definition) is 9. The van der Waals surface area contributed by atoms with E-state index in [4.69, 9.17) is 44.3 Å². The van der Waals surface area contributed by atoms with E-state index in [1.165, 1.54) is 9.13 Å². The molecule has 0 radical (unpaired) electrons. The normalized spacial score (nSPS) is 23.1. The van der Waals surface area contributed by atoms with Gasteiger partial charge >= 0.3 is 0 Å². The lowest BCUT2D eigenvalue weighted by Gasteiger charge is -2.42. The highest BCUT2D eigenvalue weighted by atomic mass is 127. The van der Waals surface area contributed by atoms with Crippen molar-refractivity contribution in [3.05, 3.63) is 282 Å². The number of halogens is 10. The van der Waals surface area contributed by atoms with Crippen LogP contribution >= 0.6 is 57.4 Å². The van der Waals surface area contributed by atoms with Gasteiger partial charge in [-0.15, -0.1) is 0 Å². The Kier molecular flexibility index (Phi) is 24.9. The second kappa shape index (κ2) is 35.9. The smallest absolute Gasteiger partial charge is 0.274 e. The van der Waals surface area contributed by atoms with Crippen molar-refractivity contribution in [2.75, 3.05) is 52.4 Å². The fraction of sp³-hybridized carbons (Fsp3) is 0.394. The van der Waals surface area contributed by atoms with E-state index in [1.54, 1.807) is 19.3 Å². The summed E-state index contributed by atoms with van der Waals surface area (Å²) in [6.07, 6.45) is 6.13. The highest BCUT2D eigenvalue weighted by molar-refractivity contribution is 14.1. The van der Waals surface area contributed by atoms with Crippen molar-refractivity contribution < 1.29 is 100 Å². The van der Waals surface area contributed by atoms with E-state index in [2.05, 4.69) is 16.0 Å². The highest BCUT2D eigenvalue weighted by Gasteiger charge is 2.59. The molecular formula is C94H87Cl3F6IN11O19. The minimum atomic E-state index is -1.21. The predicted molar refractivity (Wildman–Crippen MR) is 477 cm³/mol. The van der Waals surface area contributed by atoms with Crippen molar-refractivity contribution in [2.24, 2.45) is 0 Å². The van der Waals surface area contributed by atoms with Crippen LogP contribution in [0.3, 0.4) is 0 Å². The quantitative estimate of drug-likeness (QED) is 0.0261. The van der Waals surface area contributed by atoms with Crippen LogP contribution in [0.5, 0.6) is 23.0 Å². The van der Waals surface area contributed by atoms with Crippen molar-refractivity contribution >= 4 is 98.7 Å². The number of aromatic hydroxyl groups is 2. The van der Waals surface area contributed by atoms with E-state index in [0.29, 0.717) is 93.0 Å². The lowest BCUT2D eigenvalue weighted by atomic mass is 9.88. The number of nitrogens with one attached hydrogen (secondary N) is 3. The summed E-state index contributed by atoms with van der Waals surface area (Å²) in [6.45, 7) is 2.71. The van der Waals surface area contributed by atoms with Gasteiger partial charge in [0.25, 0.3) is 41.4 Å². The molecule has 8 atom stereocenters. The number of aromatic nitrogens is 4. The van der Waals surface area contributed by atoms with Crippen LogP contribution in [0, 0.1) is 38.5 Å². The number of carbonyl (C=O) groups excluding carboxylic acids is 7. The molecule has 4 saturated heterocycles. The summed E-state index contributed by atoms with van der Waals surface area (Å²) in [5.41, 5.74) is -5.29. The molecule has 21 rings (SSSR count). The second-order valence-corrected chi connectivity index (χ2v) is 38.2. The van der Waals surface area contributed by atoms with Crippen LogP contribution in [-0.4, -0.2) is 162 Å². The molecule has 16 heterocycles. The van der Waals surface area contributed by atoms with Crippen molar-refractivity contribution in [2.45, 2.75) is 182 Å². The summed E-state index contributed by atoms with van der Waals surface area (Å²) in [7, 11) is 0. The van der Waals surface area contributed by atoms with E-state index in [-0.39, 0.29) is 130 Å². The minimum absolute atomic E-state index is 0.0222. The van der Waals surface area contributed by atoms with Crippen LogP contribution in [0.2, 0.25) is 15.1 Å². The number of aliphatic hydroxyl groups excluding tert-OH is 4. The molecule has 2 unspecified atom stereocenters. The van der Waals surface area contributed by atoms with Crippen molar-refractivity contribution in [1.29, 1.82) is 0 Å². The second-order valence-electron chi connectivity index (χ2n) is 36.0. The van der Waals surface area contributed by atoms with Gasteiger partial charge in [-0.1, -0.05) is 114 Å². The van der Waals surface area contributed by atoms with E-state index in [1.807, 2.05) is 92.7 Å². The van der Waals surface area contributed by atoms with Gasteiger partial charge in [0.15, 0.2) is 45.8 Å². The summed E-state index contributed by atoms with van der Waals surface area (Å²) >= 11 is 18.8. The number of ether oxygens (including phenoxy) is 2. The fourth-order valence-electron chi connectivity index (χ4n) is 21.9. The molecule has 12 aliphatic rings. The Bertz CT molecular complexity index is 6560. The molecule has 40 heteroatoms. The fourth-order valence-corrected chi connectivity index (χ4v) is 23.3. The van der Waals surface area contributed by atoms with Gasteiger partial charge in [-0.05, 0) is 129 Å². The third-order valence-electron chi connectivity index (χ3n) is 27.9.